The average Bonchev–Trinajstić information content (AvgIpc) is 2.27. The highest BCUT2D eigenvalue weighted by Gasteiger charge is 2.36. The molecular weight excluding hydrogens is 220 g/mol. The maximum absolute atomic E-state index is 12.4. The summed E-state index contributed by atoms with van der Waals surface area (Å²) in [6.07, 6.45) is -0.0535. The summed E-state index contributed by atoms with van der Waals surface area (Å²) < 4.78 is 11.1. The van der Waals surface area contributed by atoms with Crippen LogP contribution in [0.15, 0.2) is 0 Å². The lowest BCUT2D eigenvalue weighted by atomic mass is 10.0. The molecule has 0 bridgehead atoms. The molecule has 0 saturated carbocycles. The zero-order valence-corrected chi connectivity index (χ0v) is 10.9. The molecular formula is C12H22N2O3. The van der Waals surface area contributed by atoms with Gasteiger partial charge in [0.2, 0.25) is 5.91 Å². The van der Waals surface area contributed by atoms with E-state index in [1.54, 1.807) is 0 Å². The molecule has 2 heterocycles. The highest BCUT2D eigenvalue weighted by Crippen LogP contribution is 2.18. The van der Waals surface area contributed by atoms with Crippen LogP contribution in [-0.4, -0.2) is 61.4 Å². The van der Waals surface area contributed by atoms with Crippen LogP contribution in [0, 0.1) is 0 Å². The van der Waals surface area contributed by atoms with Crippen molar-refractivity contribution in [1.82, 2.24) is 10.2 Å². The third-order valence-electron chi connectivity index (χ3n) is 3.32. The second-order valence-electron chi connectivity index (χ2n) is 5.38. The molecule has 0 aromatic heterocycles. The Labute approximate surface area is 102 Å². The summed E-state index contributed by atoms with van der Waals surface area (Å²) in [5, 5.41) is 3.24. The topological polar surface area (TPSA) is 50.8 Å². The Bertz CT molecular complexity index is 293. The van der Waals surface area contributed by atoms with Crippen LogP contribution in [0.1, 0.15) is 20.8 Å². The third kappa shape index (κ3) is 2.97. The Kier molecular flexibility index (Phi) is 3.70. The summed E-state index contributed by atoms with van der Waals surface area (Å²) in [5.74, 6) is 0.133. The van der Waals surface area contributed by atoms with E-state index >= 15 is 0 Å². The summed E-state index contributed by atoms with van der Waals surface area (Å²) in [6, 6.07) is -0.211. The number of nitrogens with zero attached hydrogens (tertiary/aromatic N) is 1. The zero-order valence-electron chi connectivity index (χ0n) is 10.9. The highest BCUT2D eigenvalue weighted by molar-refractivity contribution is 5.82. The molecule has 2 aliphatic rings. The van der Waals surface area contributed by atoms with Crippen LogP contribution in [0.2, 0.25) is 0 Å². The number of ether oxygens (including phenoxy) is 2. The monoisotopic (exact) mass is 242 g/mol. The van der Waals surface area contributed by atoms with Gasteiger partial charge in [0.15, 0.2) is 0 Å². The van der Waals surface area contributed by atoms with E-state index in [4.69, 9.17) is 9.47 Å². The lowest BCUT2D eigenvalue weighted by molar-refractivity contribution is -0.153. The molecule has 2 saturated heterocycles. The Morgan fingerprint density at radius 3 is 2.82 bits per heavy atom. The van der Waals surface area contributed by atoms with Gasteiger partial charge in [0.25, 0.3) is 0 Å². The van der Waals surface area contributed by atoms with Gasteiger partial charge >= 0.3 is 0 Å². The van der Waals surface area contributed by atoms with Crippen molar-refractivity contribution < 1.29 is 14.3 Å². The lowest BCUT2D eigenvalue weighted by Gasteiger charge is -2.41. The molecule has 5 heteroatoms. The van der Waals surface area contributed by atoms with Crippen LogP contribution in [0.25, 0.3) is 0 Å². The van der Waals surface area contributed by atoms with E-state index in [-0.39, 0.29) is 23.7 Å². The molecule has 2 fully saturated rings. The van der Waals surface area contributed by atoms with E-state index in [1.807, 2.05) is 25.7 Å². The van der Waals surface area contributed by atoms with Crippen molar-refractivity contribution in [2.75, 3.05) is 32.8 Å². The number of hydrogen-bond donors (Lipinski definition) is 1. The van der Waals surface area contributed by atoms with Gasteiger partial charge < -0.3 is 19.7 Å². The molecule has 0 aromatic rings. The van der Waals surface area contributed by atoms with Crippen LogP contribution >= 0.6 is 0 Å². The minimum atomic E-state index is -0.243. The largest absolute Gasteiger partial charge is 0.375 e. The maximum Gasteiger partial charge on any atom is 0.242 e. The van der Waals surface area contributed by atoms with Gasteiger partial charge in [-0.3, -0.25) is 4.79 Å². The van der Waals surface area contributed by atoms with E-state index in [0.29, 0.717) is 26.3 Å². The fourth-order valence-corrected chi connectivity index (χ4v) is 2.41. The van der Waals surface area contributed by atoms with Crippen LogP contribution in [-0.2, 0) is 14.3 Å². The highest BCUT2D eigenvalue weighted by atomic mass is 16.5. The Morgan fingerprint density at radius 1 is 1.41 bits per heavy atom. The number of hydrogen-bond acceptors (Lipinski definition) is 4. The van der Waals surface area contributed by atoms with Crippen molar-refractivity contribution in [3.05, 3.63) is 0 Å². The van der Waals surface area contributed by atoms with Gasteiger partial charge in [0.1, 0.15) is 6.04 Å². The van der Waals surface area contributed by atoms with Crippen molar-refractivity contribution in [3.63, 3.8) is 0 Å². The number of carbonyl (C=O) groups is 1. The van der Waals surface area contributed by atoms with Gasteiger partial charge in [-0.05, 0) is 20.8 Å². The Morgan fingerprint density at radius 2 is 2.18 bits per heavy atom. The molecule has 2 aliphatic heterocycles. The fraction of sp³-hybridized carbons (Fsp3) is 0.917. The van der Waals surface area contributed by atoms with Crippen molar-refractivity contribution in [2.24, 2.45) is 0 Å². The van der Waals surface area contributed by atoms with Gasteiger partial charge in [0, 0.05) is 19.6 Å². The van der Waals surface area contributed by atoms with Crippen LogP contribution in [0.3, 0.4) is 0 Å². The van der Waals surface area contributed by atoms with E-state index < -0.39 is 0 Å². The third-order valence-corrected chi connectivity index (χ3v) is 3.32. The number of amides is 1. The van der Waals surface area contributed by atoms with E-state index in [9.17, 15) is 4.79 Å². The summed E-state index contributed by atoms with van der Waals surface area (Å²) >= 11 is 0. The summed E-state index contributed by atoms with van der Waals surface area (Å²) in [7, 11) is 0. The predicted octanol–water partition coefficient (Wildman–Crippen LogP) is 0.000700. The minimum Gasteiger partial charge on any atom is -0.375 e. The summed E-state index contributed by atoms with van der Waals surface area (Å²) in [6.45, 7) is 9.33. The Hall–Kier alpha value is -0.650. The molecule has 1 amide bonds. The number of carbonyl (C=O) groups excluding carboxylic acids is 1. The fourth-order valence-electron chi connectivity index (χ4n) is 2.41. The summed E-state index contributed by atoms with van der Waals surface area (Å²) in [5.41, 5.74) is -0.243. The van der Waals surface area contributed by atoms with E-state index in [2.05, 4.69) is 5.32 Å². The van der Waals surface area contributed by atoms with Crippen molar-refractivity contribution in [1.29, 1.82) is 0 Å². The average molecular weight is 242 g/mol. The van der Waals surface area contributed by atoms with E-state index in [1.165, 1.54) is 0 Å². The first-order valence-corrected chi connectivity index (χ1v) is 6.27. The maximum atomic E-state index is 12.4. The first-order valence-electron chi connectivity index (χ1n) is 6.27. The van der Waals surface area contributed by atoms with Gasteiger partial charge in [-0.2, -0.15) is 0 Å². The van der Waals surface area contributed by atoms with Crippen LogP contribution < -0.4 is 5.32 Å². The van der Waals surface area contributed by atoms with Crippen LogP contribution in [0.5, 0.6) is 0 Å². The van der Waals surface area contributed by atoms with Crippen molar-refractivity contribution in [2.45, 2.75) is 38.5 Å². The SMILES string of the molecule is C[C@H]1OCCN[C@@H]1C(=O)N1CCOC(C)(C)C1. The van der Waals surface area contributed by atoms with Crippen molar-refractivity contribution >= 4 is 5.91 Å². The molecule has 0 unspecified atom stereocenters. The van der Waals surface area contributed by atoms with Gasteiger partial charge in [-0.15, -0.1) is 0 Å². The smallest absolute Gasteiger partial charge is 0.242 e. The van der Waals surface area contributed by atoms with Gasteiger partial charge in [-0.1, -0.05) is 0 Å². The van der Waals surface area contributed by atoms with Gasteiger partial charge in [-0.25, -0.2) is 0 Å². The van der Waals surface area contributed by atoms with E-state index in [0.717, 1.165) is 6.54 Å². The zero-order chi connectivity index (χ0) is 12.5. The molecule has 2 rings (SSSR count). The number of nitrogens with one attached hydrogen (secondary N) is 1. The molecule has 2 atom stereocenters. The molecule has 0 aliphatic carbocycles. The van der Waals surface area contributed by atoms with Crippen LogP contribution in [0.4, 0.5) is 0 Å². The second kappa shape index (κ2) is 4.92. The van der Waals surface area contributed by atoms with Crippen molar-refractivity contribution in [3.8, 4) is 0 Å². The summed E-state index contributed by atoms with van der Waals surface area (Å²) in [4.78, 5) is 14.3. The van der Waals surface area contributed by atoms with Gasteiger partial charge in [0.05, 0.1) is 24.9 Å². The standard InChI is InChI=1S/C12H22N2O3/c1-9-10(13-4-6-16-9)11(15)14-5-7-17-12(2,3)8-14/h9-10,13H,4-8H2,1-3H3/t9-,10+/m1/s1. The first kappa shape index (κ1) is 12.8. The number of rotatable bonds is 1. The molecule has 5 nitrogen and oxygen atoms in total. The first-order chi connectivity index (χ1) is 7.99. The molecule has 0 spiro atoms. The minimum absolute atomic E-state index is 0.0535. The predicted molar refractivity (Wildman–Crippen MR) is 63.8 cm³/mol. The molecule has 0 radical (unpaired) electrons. The molecule has 0 aromatic carbocycles. The molecule has 17 heavy (non-hydrogen) atoms. The number of morpholine rings is 2. The second-order valence-corrected chi connectivity index (χ2v) is 5.38. The lowest BCUT2D eigenvalue weighted by Crippen LogP contribution is -2.60. The Balaban J connectivity index is 1.99. The normalized spacial score (nSPS) is 33.5. The quantitative estimate of drug-likeness (QED) is 0.703. The molecule has 98 valence electrons. The molecule has 1 N–H and O–H groups in total.